The van der Waals surface area contributed by atoms with Gasteiger partial charge >= 0.3 is 21.2 Å². The van der Waals surface area contributed by atoms with Crippen molar-refractivity contribution in [1.29, 1.82) is 0 Å². The molecule has 2 fully saturated rings. The smallest absolute Gasteiger partial charge is 0.341 e. The van der Waals surface area contributed by atoms with Gasteiger partial charge < -0.3 is 29.4 Å². The number of carbonyl (C=O) groups is 1. The molecule has 1 aromatic carbocycles. The van der Waals surface area contributed by atoms with Crippen LogP contribution in [0.3, 0.4) is 0 Å². The van der Waals surface area contributed by atoms with Crippen LogP contribution < -0.4 is 0 Å². The van der Waals surface area contributed by atoms with Crippen molar-refractivity contribution in [2.75, 3.05) is 0 Å². The summed E-state index contributed by atoms with van der Waals surface area (Å²) in [4.78, 5) is 49.6. The molecule has 9 nitrogen and oxygen atoms in total. The number of benzene rings is 1. The van der Waals surface area contributed by atoms with E-state index in [-0.39, 0.29) is 11.2 Å². The van der Waals surface area contributed by atoms with Gasteiger partial charge in [0, 0.05) is 5.41 Å². The predicted octanol–water partition coefficient (Wildman–Crippen LogP) is 3.23. The number of hydrogen-bond acceptors (Lipinski definition) is 5. The van der Waals surface area contributed by atoms with Gasteiger partial charge in [-0.1, -0.05) is 13.0 Å². The lowest BCUT2D eigenvalue weighted by Gasteiger charge is -2.50. The molecular weight excluding hydrogens is 458 g/mol. The molecule has 3 aliphatic rings. The summed E-state index contributed by atoms with van der Waals surface area (Å²) < 4.78 is 28.6. The van der Waals surface area contributed by atoms with Gasteiger partial charge in [-0.15, -0.1) is 0 Å². The van der Waals surface area contributed by atoms with Crippen LogP contribution in [0.5, 0.6) is 5.75 Å². The molecule has 0 aromatic heterocycles. The van der Waals surface area contributed by atoms with Crippen molar-refractivity contribution >= 4 is 21.2 Å². The van der Waals surface area contributed by atoms with Crippen molar-refractivity contribution in [3.05, 3.63) is 29.3 Å². The van der Waals surface area contributed by atoms with Gasteiger partial charge in [-0.25, -0.2) is 0 Å². The first-order chi connectivity index (χ1) is 14.8. The maximum atomic E-state index is 12.5. The van der Waals surface area contributed by atoms with Crippen molar-refractivity contribution in [2.24, 2.45) is 17.3 Å². The van der Waals surface area contributed by atoms with Gasteiger partial charge in [0.15, 0.2) is 5.40 Å². The molecule has 0 aliphatic heterocycles. The Morgan fingerprint density at radius 2 is 1.81 bits per heavy atom. The highest BCUT2D eigenvalue weighted by Crippen LogP contribution is 2.63. The minimum absolute atomic E-state index is 0.277. The average Bonchev–Trinajstić information content (AvgIpc) is 3.00. The molecule has 4 rings (SSSR count). The van der Waals surface area contributed by atoms with E-state index in [9.17, 15) is 38.6 Å². The molecule has 0 amide bonds. The molecule has 0 radical (unpaired) electrons. The van der Waals surface area contributed by atoms with Gasteiger partial charge in [0.05, 0.1) is 6.42 Å². The number of carbonyl (C=O) groups excluding carboxylic acids is 1. The Labute approximate surface area is 186 Å². The lowest BCUT2D eigenvalue weighted by Crippen LogP contribution is -2.45. The standard InChI is InChI=1S/C21H30O9P2/c1-21-9-8-15-14-5-3-13(22)10-12(14)2-4-16(15)17(21)6-7-18(21)30-19(23)11-20(31(24,25)26)32(27,28)29/h3,5,10,15-18,20,22H,2,4,6-9,11H2,1H3,(H2,24,25,26)(H2,27,28,29)/t15-,16-,17+,18+,21+/m1/s1. The van der Waals surface area contributed by atoms with Gasteiger partial charge in [-0.2, -0.15) is 0 Å². The van der Waals surface area contributed by atoms with E-state index in [2.05, 4.69) is 6.92 Å². The number of ether oxygens (including phenoxy) is 1. The first kappa shape index (κ1) is 23.9. The summed E-state index contributed by atoms with van der Waals surface area (Å²) in [7, 11) is -10.4. The SMILES string of the molecule is C[C@]12CC[C@@H]3c4ccc(O)cc4CC[C@H]3[C@@H]1CC[C@@H]2OC(=O)CC(P(=O)(O)O)P(=O)(O)O. The fourth-order valence-corrected chi connectivity index (χ4v) is 8.85. The maximum Gasteiger partial charge on any atom is 0.341 e. The maximum absolute atomic E-state index is 12.5. The molecule has 1 aromatic rings. The molecule has 3 aliphatic carbocycles. The zero-order valence-electron chi connectivity index (χ0n) is 17.8. The Morgan fingerprint density at radius 1 is 1.12 bits per heavy atom. The second-order valence-electron chi connectivity index (χ2n) is 9.76. The molecule has 178 valence electrons. The third kappa shape index (κ3) is 4.31. The number of esters is 1. The Balaban J connectivity index is 1.48. The Morgan fingerprint density at radius 3 is 2.47 bits per heavy atom. The van der Waals surface area contributed by atoms with E-state index < -0.39 is 39.1 Å². The van der Waals surface area contributed by atoms with Gasteiger partial charge in [0.1, 0.15) is 11.9 Å². The second-order valence-corrected chi connectivity index (χ2v) is 13.8. The molecule has 0 unspecified atom stereocenters. The molecule has 11 heteroatoms. The van der Waals surface area contributed by atoms with E-state index in [0.717, 1.165) is 32.1 Å². The molecule has 32 heavy (non-hydrogen) atoms. The summed E-state index contributed by atoms with van der Waals surface area (Å²) in [6, 6.07) is 5.59. The molecule has 0 saturated heterocycles. The highest BCUT2D eigenvalue weighted by molar-refractivity contribution is 7.70. The van der Waals surface area contributed by atoms with E-state index in [1.54, 1.807) is 6.07 Å². The molecule has 0 heterocycles. The monoisotopic (exact) mass is 488 g/mol. The Kier molecular flexibility index (Phi) is 6.15. The van der Waals surface area contributed by atoms with Crippen LogP contribution in [-0.4, -0.2) is 42.2 Å². The summed E-state index contributed by atoms with van der Waals surface area (Å²) in [5.41, 5.74) is 2.19. The van der Waals surface area contributed by atoms with E-state index >= 15 is 0 Å². The summed E-state index contributed by atoms with van der Waals surface area (Å²) in [6.45, 7) is 2.09. The van der Waals surface area contributed by atoms with E-state index in [4.69, 9.17) is 4.74 Å². The molecular formula is C21H30O9P2. The third-order valence-corrected chi connectivity index (χ3v) is 11.7. The van der Waals surface area contributed by atoms with Crippen LogP contribution >= 0.6 is 15.2 Å². The lowest BCUT2D eigenvalue weighted by molar-refractivity contribution is -0.157. The van der Waals surface area contributed by atoms with Crippen molar-refractivity contribution in [2.45, 2.75) is 69.3 Å². The summed E-state index contributed by atoms with van der Waals surface area (Å²) in [6.07, 6.45) is 3.62. The number of fused-ring (bicyclic) bond motifs is 5. The topological polar surface area (TPSA) is 162 Å². The zero-order chi connectivity index (χ0) is 23.5. The zero-order valence-corrected chi connectivity index (χ0v) is 19.6. The van der Waals surface area contributed by atoms with Crippen LogP contribution in [0, 0.1) is 17.3 Å². The molecule has 5 N–H and O–H groups in total. The summed E-state index contributed by atoms with van der Waals surface area (Å²) in [5, 5.41) is 7.43. The number of phenols is 1. The first-order valence-corrected chi connectivity index (χ1v) is 14.3. The van der Waals surface area contributed by atoms with Crippen molar-refractivity contribution in [3.8, 4) is 5.75 Å². The van der Waals surface area contributed by atoms with Crippen molar-refractivity contribution in [1.82, 2.24) is 0 Å². The number of hydrogen-bond donors (Lipinski definition) is 5. The van der Waals surface area contributed by atoms with Gasteiger partial charge in [0.2, 0.25) is 0 Å². The van der Waals surface area contributed by atoms with Crippen LogP contribution in [0.1, 0.15) is 62.5 Å². The lowest BCUT2D eigenvalue weighted by atomic mass is 9.55. The van der Waals surface area contributed by atoms with Crippen LogP contribution in [0.2, 0.25) is 0 Å². The quantitative estimate of drug-likeness (QED) is 0.309. The Hall–Kier alpha value is -1.21. The fraction of sp³-hybridized carbons (Fsp3) is 0.667. The summed E-state index contributed by atoms with van der Waals surface area (Å²) in [5.74, 6) is 0.424. The van der Waals surface area contributed by atoms with Gasteiger partial charge in [-0.05, 0) is 79.5 Å². The van der Waals surface area contributed by atoms with Gasteiger partial charge in [-0.3, -0.25) is 13.9 Å². The number of aromatic hydroxyl groups is 1. The van der Waals surface area contributed by atoms with Gasteiger partial charge in [0.25, 0.3) is 0 Å². The fourth-order valence-electron chi connectivity index (χ4n) is 6.50. The molecule has 2 saturated carbocycles. The minimum atomic E-state index is -5.18. The highest BCUT2D eigenvalue weighted by atomic mass is 31.2. The van der Waals surface area contributed by atoms with E-state index in [1.165, 1.54) is 11.1 Å². The number of phenolic OH excluding ortho intramolecular Hbond substituents is 1. The third-order valence-electron chi connectivity index (χ3n) is 8.02. The molecule has 0 bridgehead atoms. The Bertz CT molecular complexity index is 977. The summed E-state index contributed by atoms with van der Waals surface area (Å²) >= 11 is 0. The largest absolute Gasteiger partial charge is 0.508 e. The first-order valence-electron chi connectivity index (χ1n) is 10.9. The van der Waals surface area contributed by atoms with Crippen LogP contribution in [0.15, 0.2) is 18.2 Å². The second kappa shape index (κ2) is 8.23. The van der Waals surface area contributed by atoms with E-state index in [1.807, 2.05) is 12.1 Å². The number of rotatable bonds is 5. The van der Waals surface area contributed by atoms with Crippen LogP contribution in [-0.2, 0) is 25.1 Å². The van der Waals surface area contributed by atoms with E-state index in [0.29, 0.717) is 24.2 Å². The van der Waals surface area contributed by atoms with Crippen molar-refractivity contribution < 1.29 is 43.3 Å². The minimum Gasteiger partial charge on any atom is -0.508 e. The molecule has 5 atom stereocenters. The number of aryl methyl sites for hydroxylation is 1. The van der Waals surface area contributed by atoms with Crippen molar-refractivity contribution in [3.63, 3.8) is 0 Å². The van der Waals surface area contributed by atoms with Crippen LogP contribution in [0.25, 0.3) is 0 Å². The normalized spacial score (nSPS) is 32.2. The average molecular weight is 488 g/mol. The predicted molar refractivity (Wildman–Crippen MR) is 115 cm³/mol. The molecule has 0 spiro atoms. The van der Waals surface area contributed by atoms with Crippen LogP contribution in [0.4, 0.5) is 0 Å². The highest BCUT2D eigenvalue weighted by Gasteiger charge is 2.56.